The number of aliphatic hydroxyl groups excluding tert-OH is 1. The van der Waals surface area contributed by atoms with Crippen molar-refractivity contribution < 1.29 is 80.2 Å². The lowest BCUT2D eigenvalue weighted by Gasteiger charge is -2.21. The summed E-state index contributed by atoms with van der Waals surface area (Å²) in [6, 6.07) is 0. The van der Waals surface area contributed by atoms with Gasteiger partial charge < -0.3 is 33.8 Å². The summed E-state index contributed by atoms with van der Waals surface area (Å²) in [6.45, 7) is 14.0. The molecule has 17 nitrogen and oxygen atoms in total. The van der Waals surface area contributed by atoms with Crippen LogP contribution in [0.5, 0.6) is 0 Å². The van der Waals surface area contributed by atoms with Crippen LogP contribution in [0, 0.1) is 23.7 Å². The van der Waals surface area contributed by atoms with Crippen LogP contribution in [-0.2, 0) is 65.4 Å². The molecule has 0 saturated carbocycles. The van der Waals surface area contributed by atoms with Gasteiger partial charge >= 0.3 is 39.5 Å². The van der Waals surface area contributed by atoms with Crippen molar-refractivity contribution >= 4 is 39.5 Å². The van der Waals surface area contributed by atoms with E-state index in [0.717, 1.165) is 114 Å². The van der Waals surface area contributed by atoms with Crippen LogP contribution in [0.2, 0.25) is 0 Å². The number of aliphatic hydroxyl groups is 1. The minimum atomic E-state index is -4.95. The van der Waals surface area contributed by atoms with Crippen molar-refractivity contribution in [2.24, 2.45) is 23.7 Å². The standard InChI is InChI=1S/C67H130O17P2/c1-9-60(8)46-38-30-21-16-18-24-34-42-50-67(72)84-62(53-77-64(69)47-39-31-22-17-15-20-28-36-44-58(4)5)55-81-85(73,74)79-51-61(68)52-80-86(75,76)82-56-63(54-78-65(70)48-40-32-26-25-29-37-45-59(6)7)83-66(71)49-41-33-23-14-12-10-11-13-19-27-35-43-57(2)3/h57-63,68H,9-56H2,1-8H3,(H,73,74)(H,75,76)/t60?,61?,62-,63-/m1/s1. The summed E-state index contributed by atoms with van der Waals surface area (Å²) in [5, 5.41) is 10.6. The first-order chi connectivity index (χ1) is 41.1. The number of carbonyl (C=O) groups is 4. The second-order valence-corrected chi connectivity index (χ2v) is 28.8. The lowest BCUT2D eigenvalue weighted by Crippen LogP contribution is -2.30. The van der Waals surface area contributed by atoms with E-state index in [1.165, 1.54) is 122 Å². The van der Waals surface area contributed by atoms with Crippen LogP contribution in [-0.4, -0.2) is 96.7 Å². The molecule has 0 heterocycles. The molecule has 0 spiro atoms. The third-order valence-electron chi connectivity index (χ3n) is 15.7. The van der Waals surface area contributed by atoms with Gasteiger partial charge in [-0.3, -0.25) is 37.3 Å². The number of esters is 4. The molecular formula is C67H130O17P2. The molecule has 6 atom stereocenters. The van der Waals surface area contributed by atoms with Crippen LogP contribution in [0.25, 0.3) is 0 Å². The summed E-state index contributed by atoms with van der Waals surface area (Å²) in [7, 11) is -9.90. The molecule has 0 aromatic rings. The Morgan fingerprint density at radius 1 is 0.326 bits per heavy atom. The molecule has 4 unspecified atom stereocenters. The SMILES string of the molecule is CCC(C)CCCCCCCCCCC(=O)O[C@H](COC(=O)CCCCCCCCCCC(C)C)COP(=O)(O)OCC(O)COP(=O)(O)OC[C@@H](COC(=O)CCCCCCCCC(C)C)OC(=O)CCCCCCCCCCCCCC(C)C. The molecule has 0 aliphatic rings. The summed E-state index contributed by atoms with van der Waals surface area (Å²) in [4.78, 5) is 72.4. The van der Waals surface area contributed by atoms with Gasteiger partial charge in [-0.15, -0.1) is 0 Å². The molecule has 0 bridgehead atoms. The maximum absolute atomic E-state index is 13.0. The van der Waals surface area contributed by atoms with E-state index in [9.17, 15) is 43.2 Å². The molecule has 0 rings (SSSR count). The number of ether oxygens (including phenoxy) is 4. The number of phosphoric ester groups is 2. The number of rotatable bonds is 64. The summed E-state index contributed by atoms with van der Waals surface area (Å²) in [5.74, 6) is 0.804. The zero-order valence-corrected chi connectivity index (χ0v) is 57.7. The van der Waals surface area contributed by atoms with Gasteiger partial charge in [0.05, 0.1) is 26.4 Å². The fraction of sp³-hybridized carbons (Fsp3) is 0.940. The van der Waals surface area contributed by atoms with Crippen LogP contribution in [0.1, 0.15) is 325 Å². The highest BCUT2D eigenvalue weighted by Crippen LogP contribution is 2.45. The lowest BCUT2D eigenvalue weighted by atomic mass is 9.99. The zero-order chi connectivity index (χ0) is 63.9. The number of phosphoric acid groups is 2. The molecule has 510 valence electrons. The highest BCUT2D eigenvalue weighted by molar-refractivity contribution is 7.47. The third-order valence-corrected chi connectivity index (χ3v) is 17.6. The fourth-order valence-corrected chi connectivity index (χ4v) is 11.5. The molecule has 0 aromatic heterocycles. The molecule has 0 fully saturated rings. The second kappa shape index (κ2) is 57.0. The maximum atomic E-state index is 13.0. The second-order valence-electron chi connectivity index (χ2n) is 25.9. The Balaban J connectivity index is 5.25. The Bertz CT molecular complexity index is 1720. The number of unbranched alkanes of at least 4 members (excludes halogenated alkanes) is 29. The average molecular weight is 1270 g/mol. The van der Waals surface area contributed by atoms with Crippen LogP contribution in [0.4, 0.5) is 0 Å². The van der Waals surface area contributed by atoms with Crippen LogP contribution in [0.3, 0.4) is 0 Å². The van der Waals surface area contributed by atoms with Crippen molar-refractivity contribution in [3.05, 3.63) is 0 Å². The minimum absolute atomic E-state index is 0.104. The zero-order valence-electron chi connectivity index (χ0n) is 55.9. The minimum Gasteiger partial charge on any atom is -0.462 e. The first-order valence-electron chi connectivity index (χ1n) is 34.7. The van der Waals surface area contributed by atoms with Gasteiger partial charge in [0.2, 0.25) is 0 Å². The Kier molecular flexibility index (Phi) is 55.7. The molecule has 86 heavy (non-hydrogen) atoms. The maximum Gasteiger partial charge on any atom is 0.472 e. The number of carbonyl (C=O) groups excluding carboxylic acids is 4. The van der Waals surface area contributed by atoms with Crippen LogP contribution in [0.15, 0.2) is 0 Å². The van der Waals surface area contributed by atoms with Crippen molar-refractivity contribution in [2.75, 3.05) is 39.6 Å². The normalized spacial score (nSPS) is 14.7. The summed E-state index contributed by atoms with van der Waals surface area (Å²) in [5.41, 5.74) is 0. The summed E-state index contributed by atoms with van der Waals surface area (Å²) < 4.78 is 68.1. The van der Waals surface area contributed by atoms with E-state index in [2.05, 4.69) is 55.4 Å². The molecule has 0 aromatic carbocycles. The molecular weight excluding hydrogens is 1140 g/mol. The summed E-state index contributed by atoms with van der Waals surface area (Å²) >= 11 is 0. The van der Waals surface area contributed by atoms with E-state index in [0.29, 0.717) is 31.6 Å². The van der Waals surface area contributed by atoms with E-state index in [4.69, 9.17) is 37.0 Å². The van der Waals surface area contributed by atoms with Crippen LogP contribution < -0.4 is 0 Å². The van der Waals surface area contributed by atoms with Crippen molar-refractivity contribution in [3.8, 4) is 0 Å². The average Bonchev–Trinajstić information content (AvgIpc) is 3.65. The Labute approximate surface area is 524 Å². The Morgan fingerprint density at radius 2 is 0.558 bits per heavy atom. The summed E-state index contributed by atoms with van der Waals surface area (Å²) in [6.07, 6.45) is 37.7. The van der Waals surface area contributed by atoms with Gasteiger partial charge in [0.25, 0.3) is 0 Å². The smallest absolute Gasteiger partial charge is 0.462 e. The van der Waals surface area contributed by atoms with Gasteiger partial charge in [-0.2, -0.15) is 0 Å². The van der Waals surface area contributed by atoms with E-state index in [1.807, 2.05) is 0 Å². The molecule has 19 heteroatoms. The van der Waals surface area contributed by atoms with E-state index in [1.54, 1.807) is 0 Å². The van der Waals surface area contributed by atoms with Gasteiger partial charge in [0.1, 0.15) is 19.3 Å². The molecule has 0 amide bonds. The van der Waals surface area contributed by atoms with E-state index >= 15 is 0 Å². The van der Waals surface area contributed by atoms with E-state index < -0.39 is 97.5 Å². The van der Waals surface area contributed by atoms with Crippen LogP contribution >= 0.6 is 15.6 Å². The van der Waals surface area contributed by atoms with Crippen molar-refractivity contribution in [1.29, 1.82) is 0 Å². The molecule has 3 N–H and O–H groups in total. The van der Waals surface area contributed by atoms with Crippen molar-refractivity contribution in [3.63, 3.8) is 0 Å². The molecule has 0 aliphatic carbocycles. The quantitative estimate of drug-likeness (QED) is 0.0222. The molecule has 0 radical (unpaired) electrons. The predicted molar refractivity (Wildman–Crippen MR) is 344 cm³/mol. The van der Waals surface area contributed by atoms with Gasteiger partial charge in [-0.1, -0.05) is 274 Å². The highest BCUT2D eigenvalue weighted by atomic mass is 31.2. The predicted octanol–water partition coefficient (Wildman–Crippen LogP) is 18.5. The van der Waals surface area contributed by atoms with Crippen molar-refractivity contribution in [1.82, 2.24) is 0 Å². The Hall–Kier alpha value is -1.94. The van der Waals surface area contributed by atoms with Crippen molar-refractivity contribution in [2.45, 2.75) is 343 Å². The monoisotopic (exact) mass is 1270 g/mol. The van der Waals surface area contributed by atoms with E-state index in [-0.39, 0.29) is 25.7 Å². The largest absolute Gasteiger partial charge is 0.472 e. The molecule has 0 aliphatic heterocycles. The lowest BCUT2D eigenvalue weighted by molar-refractivity contribution is -0.161. The third kappa shape index (κ3) is 59.7. The highest BCUT2D eigenvalue weighted by Gasteiger charge is 2.30. The fourth-order valence-electron chi connectivity index (χ4n) is 9.93. The molecule has 0 saturated heterocycles. The topological polar surface area (TPSA) is 237 Å². The first kappa shape index (κ1) is 84.1. The van der Waals surface area contributed by atoms with Gasteiger partial charge in [-0.05, 0) is 49.4 Å². The van der Waals surface area contributed by atoms with Gasteiger partial charge in [0.15, 0.2) is 12.2 Å². The van der Waals surface area contributed by atoms with Gasteiger partial charge in [0, 0.05) is 25.7 Å². The Morgan fingerprint density at radius 3 is 0.826 bits per heavy atom. The number of hydrogen-bond acceptors (Lipinski definition) is 15. The van der Waals surface area contributed by atoms with Gasteiger partial charge in [-0.25, -0.2) is 9.13 Å². The first-order valence-corrected chi connectivity index (χ1v) is 37.7. The number of hydrogen-bond donors (Lipinski definition) is 3.